The van der Waals surface area contributed by atoms with Gasteiger partial charge in [0.2, 0.25) is 6.10 Å². The third kappa shape index (κ3) is 6.89. The average Bonchev–Trinajstić information content (AvgIpc) is 3.70. The van der Waals surface area contributed by atoms with Gasteiger partial charge < -0.3 is 45.9 Å². The number of carbonyl (C=O) groups is 7. The number of aromatic nitrogens is 1. The molecule has 7 atom stereocenters. The molecule has 4 amide bonds. The van der Waals surface area contributed by atoms with Crippen LogP contribution in [-0.4, -0.2) is 148 Å². The van der Waals surface area contributed by atoms with Gasteiger partial charge in [0.15, 0.2) is 22.3 Å². The Labute approximate surface area is 335 Å². The van der Waals surface area contributed by atoms with Crippen molar-refractivity contribution < 1.29 is 68.4 Å². The number of carboxylic acid groups (broad SMARTS) is 3. The molecule has 0 spiro atoms. The number of amides is 4. The van der Waals surface area contributed by atoms with E-state index in [0.29, 0.717) is 29.4 Å². The van der Waals surface area contributed by atoms with Crippen LogP contribution in [0.4, 0.5) is 5.13 Å². The average molecular weight is 849 g/mol. The molecule has 0 aliphatic carbocycles. The molecule has 5 aliphatic rings. The summed E-state index contributed by atoms with van der Waals surface area (Å²) in [4.78, 5) is 100. The zero-order valence-corrected chi connectivity index (χ0v) is 32.2. The Kier molecular flexibility index (Phi) is 10.3. The van der Waals surface area contributed by atoms with Gasteiger partial charge >= 0.3 is 17.9 Å². The van der Waals surface area contributed by atoms with Gasteiger partial charge in [0.05, 0.1) is 41.7 Å². The maximum atomic E-state index is 13.6. The smallest absolute Gasteiger partial charge is 0.352 e. The molecule has 0 saturated carbocycles. The number of piperidine rings is 1. The van der Waals surface area contributed by atoms with Crippen LogP contribution in [0.1, 0.15) is 58.5 Å². The number of phenols is 2. The van der Waals surface area contributed by atoms with Crippen molar-refractivity contribution in [2.24, 2.45) is 11.1 Å². The minimum Gasteiger partial charge on any atom is -0.504 e. The second-order valence-corrected chi connectivity index (χ2v) is 17.0. The van der Waals surface area contributed by atoms with Gasteiger partial charge in [-0.2, -0.15) is 0 Å². The molecule has 2 unspecified atom stereocenters. The van der Waals surface area contributed by atoms with Gasteiger partial charge in [-0.15, -0.1) is 23.1 Å². The number of aromatic hydroxyl groups is 2. The van der Waals surface area contributed by atoms with E-state index in [-0.39, 0.29) is 57.9 Å². The first-order chi connectivity index (χ1) is 26.9. The van der Waals surface area contributed by atoms with E-state index in [1.54, 1.807) is 0 Å². The van der Waals surface area contributed by atoms with Crippen molar-refractivity contribution in [2.45, 2.75) is 61.7 Å². The van der Waals surface area contributed by atoms with Crippen LogP contribution in [0.15, 0.2) is 27.9 Å². The normalized spacial score (nSPS) is 27.2. The summed E-state index contributed by atoms with van der Waals surface area (Å²) in [6, 6.07) is -0.0998. The Morgan fingerprint density at radius 2 is 1.81 bits per heavy atom. The lowest BCUT2D eigenvalue weighted by Crippen LogP contribution is -2.71. The number of carboxylic acids is 3. The number of likely N-dealkylation sites (N-methyl/N-ethyl adjacent to an activating group) is 1. The first-order valence-corrected chi connectivity index (χ1v) is 19.8. The van der Waals surface area contributed by atoms with E-state index in [0.717, 1.165) is 40.0 Å². The van der Waals surface area contributed by atoms with Crippen LogP contribution in [0.2, 0.25) is 5.02 Å². The van der Waals surface area contributed by atoms with E-state index in [4.69, 9.17) is 27.3 Å². The van der Waals surface area contributed by atoms with Crippen LogP contribution in [0.25, 0.3) is 0 Å². The summed E-state index contributed by atoms with van der Waals surface area (Å²) in [5, 5.41) is 55.0. The van der Waals surface area contributed by atoms with Gasteiger partial charge in [0, 0.05) is 48.9 Å². The van der Waals surface area contributed by atoms with Crippen LogP contribution in [0.5, 0.6) is 11.5 Å². The number of β-lactam (4-membered cyclic amide) rings is 1. The third-order valence-corrected chi connectivity index (χ3v) is 13.6. The number of thiazole rings is 1. The SMILES string of the molecule is C[N+]1(CC2=C(C(=O)O)N3C(=O)[C@@H](NC(=O)/C(=N\O[C@@H](CC(=O)O)C(=O)O)c4csc(N)n4)[C@H]3SC2)[C@@H]2CC[C@H]1CC(CN1C(=O)c3cc(O)c(O)c(Cl)c3C1=O)C2. The highest BCUT2D eigenvalue weighted by molar-refractivity contribution is 8.00. The number of carbonyl (C=O) groups excluding carboxylic acids is 4. The largest absolute Gasteiger partial charge is 0.504 e. The summed E-state index contributed by atoms with van der Waals surface area (Å²) in [6.45, 7) is 0.413. The lowest BCUT2D eigenvalue weighted by Gasteiger charge is -2.52. The summed E-state index contributed by atoms with van der Waals surface area (Å²) < 4.78 is 0.488. The number of phenolic OH excluding ortho intramolecular Hbond substituents is 2. The number of imide groups is 1. The lowest BCUT2D eigenvalue weighted by atomic mass is 9.87. The first kappa shape index (κ1) is 39.8. The highest BCUT2D eigenvalue weighted by Crippen LogP contribution is 2.48. The molecule has 1 aromatic carbocycles. The molecule has 5 aliphatic heterocycles. The minimum absolute atomic E-state index is 0.0225. The molecule has 2 bridgehead atoms. The van der Waals surface area contributed by atoms with E-state index < -0.39 is 87.7 Å². The zero-order chi connectivity index (χ0) is 41.2. The first-order valence-electron chi connectivity index (χ1n) is 17.5. The molecule has 0 radical (unpaired) electrons. The molecular formula is C34H35ClN7O13S2+. The predicted molar refractivity (Wildman–Crippen MR) is 198 cm³/mol. The predicted octanol–water partition coefficient (Wildman–Crippen LogP) is 0.861. The number of anilines is 1. The molecule has 23 heteroatoms. The number of nitrogens with two attached hydrogens (primary N) is 1. The van der Waals surface area contributed by atoms with Gasteiger partial charge in [0.1, 0.15) is 29.4 Å². The van der Waals surface area contributed by atoms with Gasteiger partial charge in [-0.3, -0.25) is 33.8 Å². The minimum atomic E-state index is -1.95. The Bertz CT molecular complexity index is 2200. The molecular weight excluding hydrogens is 814 g/mol. The summed E-state index contributed by atoms with van der Waals surface area (Å²) >= 11 is 8.30. The molecule has 57 heavy (non-hydrogen) atoms. The Morgan fingerprint density at radius 3 is 2.40 bits per heavy atom. The van der Waals surface area contributed by atoms with Crippen molar-refractivity contribution in [3.63, 3.8) is 0 Å². The number of oxime groups is 1. The number of nitrogens with zero attached hydrogens (tertiary/aromatic N) is 5. The number of quaternary nitrogens is 1. The number of hydrogen-bond acceptors (Lipinski definition) is 15. The molecule has 3 saturated heterocycles. The number of aliphatic carboxylic acids is 3. The van der Waals surface area contributed by atoms with Gasteiger partial charge in [-0.05, 0) is 12.0 Å². The van der Waals surface area contributed by atoms with Crippen LogP contribution in [-0.2, 0) is 28.8 Å². The quantitative estimate of drug-likeness (QED) is 0.0367. The van der Waals surface area contributed by atoms with Crippen LogP contribution in [0, 0.1) is 5.92 Å². The van der Waals surface area contributed by atoms with E-state index in [1.807, 2.05) is 7.05 Å². The number of fused-ring (bicyclic) bond motifs is 4. The molecule has 20 nitrogen and oxygen atoms in total. The fourth-order valence-electron chi connectivity index (χ4n) is 8.53. The number of nitrogen functional groups attached to an aromatic ring is 1. The molecule has 7 rings (SSSR count). The summed E-state index contributed by atoms with van der Waals surface area (Å²) in [5.74, 6) is -8.64. The van der Waals surface area contributed by atoms with Crippen molar-refractivity contribution in [2.75, 3.05) is 31.6 Å². The molecule has 6 heterocycles. The van der Waals surface area contributed by atoms with E-state index in [2.05, 4.69) is 15.5 Å². The molecule has 2 aromatic rings. The second-order valence-electron chi connectivity index (χ2n) is 14.6. The van der Waals surface area contributed by atoms with E-state index in [9.17, 15) is 54.0 Å². The zero-order valence-electron chi connectivity index (χ0n) is 29.8. The monoisotopic (exact) mass is 848 g/mol. The highest BCUT2D eigenvalue weighted by Gasteiger charge is 2.57. The molecule has 1 aromatic heterocycles. The number of benzene rings is 1. The highest BCUT2D eigenvalue weighted by atomic mass is 35.5. The maximum absolute atomic E-state index is 13.6. The Morgan fingerprint density at radius 1 is 1.12 bits per heavy atom. The van der Waals surface area contributed by atoms with E-state index in [1.165, 1.54) is 17.1 Å². The lowest BCUT2D eigenvalue weighted by molar-refractivity contribution is -0.945. The number of thioether (sulfide) groups is 1. The second kappa shape index (κ2) is 14.8. The van der Waals surface area contributed by atoms with Crippen LogP contribution < -0.4 is 11.1 Å². The van der Waals surface area contributed by atoms with Crippen molar-refractivity contribution >= 4 is 87.1 Å². The van der Waals surface area contributed by atoms with Crippen molar-refractivity contribution in [1.29, 1.82) is 0 Å². The van der Waals surface area contributed by atoms with Gasteiger partial charge in [0.25, 0.3) is 23.6 Å². The summed E-state index contributed by atoms with van der Waals surface area (Å²) in [6.07, 6.45) is -0.0523. The van der Waals surface area contributed by atoms with E-state index >= 15 is 0 Å². The third-order valence-electron chi connectivity index (χ3n) is 11.3. The molecule has 3 fully saturated rings. The number of hydrogen-bond donors (Lipinski definition) is 7. The topological polar surface area (TPSA) is 300 Å². The standard InChI is InChI=1S/C34H34ClN7O13S2/c1-42(14-2-3-15(42)5-12(4-14)8-40-28(48)16-6-18(43)26(46)22(35)21(16)29(40)49)9-13-10-56-31-24(30(50)41(31)25(13)33(53)54)38-27(47)23(17-11-57-34(36)37-17)39-55-19(32(51)52)7-20(44)45/h6,11-12,14-15,19,24,31H,2-5,7-10H2,1H3,(H7-,36,37,38,39,43,44,45,46,47,48,49,51,52,53,54)/p+1/t12?,14-,15+,19-,24+,31+,42?/m0/s1. The van der Waals surface area contributed by atoms with Crippen LogP contribution >= 0.6 is 34.7 Å². The summed E-state index contributed by atoms with van der Waals surface area (Å²) in [7, 11) is 2.04. The fraction of sp³-hybridized carbons (Fsp3) is 0.441. The Balaban J connectivity index is 1.04. The van der Waals surface area contributed by atoms with Crippen LogP contribution in [0.3, 0.4) is 0 Å². The Hall–Kier alpha value is -5.45. The van der Waals surface area contributed by atoms with Gasteiger partial charge in [-0.25, -0.2) is 14.6 Å². The van der Waals surface area contributed by atoms with Crippen molar-refractivity contribution in [1.82, 2.24) is 20.1 Å². The molecule has 8 N–H and O–H groups in total. The number of halogens is 1. The fourth-order valence-corrected chi connectivity index (χ4v) is 10.7. The number of nitrogens with one attached hydrogen (secondary N) is 1. The van der Waals surface area contributed by atoms with Crippen molar-refractivity contribution in [3.05, 3.63) is 44.6 Å². The molecule has 302 valence electrons. The van der Waals surface area contributed by atoms with Crippen molar-refractivity contribution in [3.8, 4) is 11.5 Å². The maximum Gasteiger partial charge on any atom is 0.352 e. The van der Waals surface area contributed by atoms with Gasteiger partial charge in [-0.1, -0.05) is 16.8 Å². The number of rotatable bonds is 13. The summed E-state index contributed by atoms with van der Waals surface area (Å²) in [5.41, 5.74) is 5.09.